The van der Waals surface area contributed by atoms with Crippen molar-refractivity contribution in [3.8, 4) is 0 Å². The van der Waals surface area contributed by atoms with Crippen LogP contribution in [0.25, 0.3) is 0 Å². The van der Waals surface area contributed by atoms with Crippen LogP contribution >= 0.6 is 0 Å². The number of unbranched alkanes of at least 4 members (excludes halogenated alkanes) is 44. The summed E-state index contributed by atoms with van der Waals surface area (Å²) >= 11 is 0. The standard InChI is InChI=1S/C68H127NO5/c1-3-5-7-9-11-13-15-17-18-34-37-40-44-48-52-56-60-66(71)65(64-70)69-67(72)61-57-53-49-45-41-38-35-32-30-28-26-24-22-20-19-21-23-25-27-29-31-33-36-39-43-47-51-55-59-63-74-68(73)62-58-54-50-46-42-16-14-12-10-8-6-4-2/h12,14,19,21,25,27,56,60,65-66,70-71H,3-11,13,15-18,20,22-24,26,28-55,57-59,61-64H2,1-2H3,(H,69,72)/b14-12-,21-19-,27-25-,60-56+. The number of aliphatic hydroxyl groups excluding tert-OH is 2. The molecule has 0 saturated carbocycles. The topological polar surface area (TPSA) is 95.9 Å². The first-order valence-electron chi connectivity index (χ1n) is 32.9. The average Bonchev–Trinajstić information content (AvgIpc) is 3.40. The molecule has 0 aromatic rings. The predicted molar refractivity (Wildman–Crippen MR) is 324 cm³/mol. The fourth-order valence-electron chi connectivity index (χ4n) is 10.0. The van der Waals surface area contributed by atoms with E-state index in [1.54, 1.807) is 6.08 Å². The molecule has 0 aliphatic rings. The molecule has 0 saturated heterocycles. The highest BCUT2D eigenvalue weighted by Gasteiger charge is 2.18. The molecule has 2 atom stereocenters. The van der Waals surface area contributed by atoms with E-state index in [0.717, 1.165) is 51.4 Å². The van der Waals surface area contributed by atoms with Gasteiger partial charge in [0.15, 0.2) is 0 Å². The van der Waals surface area contributed by atoms with Crippen LogP contribution in [0.4, 0.5) is 0 Å². The number of nitrogens with one attached hydrogen (secondary N) is 1. The molecule has 0 bridgehead atoms. The Morgan fingerprint density at radius 1 is 0.378 bits per heavy atom. The van der Waals surface area contributed by atoms with Crippen LogP contribution in [-0.2, 0) is 14.3 Å². The van der Waals surface area contributed by atoms with Crippen molar-refractivity contribution in [2.75, 3.05) is 13.2 Å². The zero-order chi connectivity index (χ0) is 53.6. The van der Waals surface area contributed by atoms with E-state index in [9.17, 15) is 19.8 Å². The van der Waals surface area contributed by atoms with Crippen molar-refractivity contribution < 1.29 is 24.5 Å². The molecule has 1 amide bonds. The molecule has 74 heavy (non-hydrogen) atoms. The predicted octanol–water partition coefficient (Wildman–Crippen LogP) is 20.9. The third-order valence-electron chi connectivity index (χ3n) is 15.1. The van der Waals surface area contributed by atoms with Crippen LogP contribution in [-0.4, -0.2) is 47.4 Å². The Labute approximate surface area is 461 Å². The van der Waals surface area contributed by atoms with Crippen LogP contribution in [0.1, 0.15) is 348 Å². The maximum absolute atomic E-state index is 12.5. The first kappa shape index (κ1) is 71.8. The Morgan fingerprint density at radius 2 is 0.676 bits per heavy atom. The molecule has 0 spiro atoms. The monoisotopic (exact) mass is 1040 g/mol. The van der Waals surface area contributed by atoms with Gasteiger partial charge >= 0.3 is 5.97 Å². The Hall–Kier alpha value is -2.18. The summed E-state index contributed by atoms with van der Waals surface area (Å²) in [5.74, 6) is -0.0662. The lowest BCUT2D eigenvalue weighted by molar-refractivity contribution is -0.143. The maximum atomic E-state index is 12.5. The molecular formula is C68H127NO5. The smallest absolute Gasteiger partial charge is 0.305 e. The number of carbonyl (C=O) groups excluding carboxylic acids is 2. The summed E-state index contributed by atoms with van der Waals surface area (Å²) in [5.41, 5.74) is 0. The second-order valence-electron chi connectivity index (χ2n) is 22.4. The molecule has 0 aromatic heterocycles. The molecule has 434 valence electrons. The summed E-state index contributed by atoms with van der Waals surface area (Å²) in [6, 6.07) is -0.629. The minimum Gasteiger partial charge on any atom is -0.466 e. The third kappa shape index (κ3) is 59.1. The second-order valence-corrected chi connectivity index (χ2v) is 22.4. The lowest BCUT2D eigenvalue weighted by atomic mass is 10.0. The van der Waals surface area contributed by atoms with Crippen molar-refractivity contribution >= 4 is 11.9 Å². The number of amides is 1. The summed E-state index contributed by atoms with van der Waals surface area (Å²) < 4.78 is 5.46. The molecule has 0 heterocycles. The Morgan fingerprint density at radius 3 is 1.07 bits per heavy atom. The van der Waals surface area contributed by atoms with Gasteiger partial charge in [0.2, 0.25) is 5.91 Å². The molecular weight excluding hydrogens is 911 g/mol. The molecule has 0 aromatic carbocycles. The van der Waals surface area contributed by atoms with Crippen LogP contribution < -0.4 is 5.32 Å². The second kappa shape index (κ2) is 63.4. The Balaban J connectivity index is 3.43. The van der Waals surface area contributed by atoms with E-state index in [0.29, 0.717) is 19.4 Å². The summed E-state index contributed by atoms with van der Waals surface area (Å²) in [4.78, 5) is 24.5. The molecule has 0 fully saturated rings. The highest BCUT2D eigenvalue weighted by atomic mass is 16.5. The van der Waals surface area contributed by atoms with E-state index < -0.39 is 12.1 Å². The van der Waals surface area contributed by atoms with E-state index in [-0.39, 0.29) is 18.5 Å². The first-order valence-corrected chi connectivity index (χ1v) is 32.9. The zero-order valence-electron chi connectivity index (χ0n) is 49.6. The Kier molecular flexibility index (Phi) is 61.5. The molecule has 2 unspecified atom stereocenters. The van der Waals surface area contributed by atoms with Gasteiger partial charge in [-0.3, -0.25) is 9.59 Å². The SMILES string of the molecule is CCCCC/C=C\CCCCCCCC(=O)OCCCCCCCCCCC/C=C\C/C=C\CCCCCCCCCCCCCCCC(=O)NC(CO)C(O)/C=C/CCCCCCCCCCCCCCCC. The van der Waals surface area contributed by atoms with E-state index in [4.69, 9.17) is 4.74 Å². The highest BCUT2D eigenvalue weighted by Crippen LogP contribution is 2.17. The quantitative estimate of drug-likeness (QED) is 0.0320. The van der Waals surface area contributed by atoms with Gasteiger partial charge in [-0.15, -0.1) is 0 Å². The average molecular weight is 1040 g/mol. The highest BCUT2D eigenvalue weighted by molar-refractivity contribution is 5.76. The van der Waals surface area contributed by atoms with Gasteiger partial charge in [-0.1, -0.05) is 294 Å². The summed E-state index contributed by atoms with van der Waals surface area (Å²) in [6.07, 6.45) is 81.7. The minimum absolute atomic E-state index is 0.00133. The molecule has 3 N–H and O–H groups in total. The van der Waals surface area contributed by atoms with Crippen LogP contribution in [0, 0.1) is 0 Å². The number of allylic oxidation sites excluding steroid dienone is 7. The van der Waals surface area contributed by atoms with Crippen molar-refractivity contribution in [3.63, 3.8) is 0 Å². The fourth-order valence-corrected chi connectivity index (χ4v) is 10.0. The lowest BCUT2D eigenvalue weighted by Gasteiger charge is -2.20. The third-order valence-corrected chi connectivity index (χ3v) is 15.1. The van der Waals surface area contributed by atoms with Gasteiger partial charge in [-0.25, -0.2) is 0 Å². The van der Waals surface area contributed by atoms with Gasteiger partial charge in [0.05, 0.1) is 25.4 Å². The van der Waals surface area contributed by atoms with Gasteiger partial charge in [0.25, 0.3) is 0 Å². The van der Waals surface area contributed by atoms with Crippen molar-refractivity contribution in [2.24, 2.45) is 0 Å². The molecule has 0 aliphatic heterocycles. The number of esters is 1. The number of rotatable bonds is 61. The zero-order valence-corrected chi connectivity index (χ0v) is 49.6. The van der Waals surface area contributed by atoms with E-state index in [1.807, 2.05) is 6.08 Å². The van der Waals surface area contributed by atoms with Crippen molar-refractivity contribution in [2.45, 2.75) is 360 Å². The number of ether oxygens (including phenoxy) is 1. The van der Waals surface area contributed by atoms with Crippen LogP contribution in [0.5, 0.6) is 0 Å². The molecule has 0 radical (unpaired) electrons. The van der Waals surface area contributed by atoms with Gasteiger partial charge in [0, 0.05) is 12.8 Å². The normalized spacial score (nSPS) is 12.9. The van der Waals surface area contributed by atoms with E-state index in [1.165, 1.54) is 270 Å². The van der Waals surface area contributed by atoms with E-state index in [2.05, 4.69) is 55.6 Å². The van der Waals surface area contributed by atoms with Crippen LogP contribution in [0.2, 0.25) is 0 Å². The number of hydrogen-bond donors (Lipinski definition) is 3. The Bertz CT molecular complexity index is 1240. The summed E-state index contributed by atoms with van der Waals surface area (Å²) in [5, 5.41) is 23.2. The summed E-state index contributed by atoms with van der Waals surface area (Å²) in [7, 11) is 0. The number of carbonyl (C=O) groups is 2. The van der Waals surface area contributed by atoms with Gasteiger partial charge in [-0.2, -0.15) is 0 Å². The van der Waals surface area contributed by atoms with Crippen LogP contribution in [0.15, 0.2) is 48.6 Å². The van der Waals surface area contributed by atoms with Crippen molar-refractivity contribution in [3.05, 3.63) is 48.6 Å². The van der Waals surface area contributed by atoms with Crippen molar-refractivity contribution in [1.29, 1.82) is 0 Å². The van der Waals surface area contributed by atoms with Crippen LogP contribution in [0.3, 0.4) is 0 Å². The lowest BCUT2D eigenvalue weighted by Crippen LogP contribution is -2.45. The number of hydrogen-bond acceptors (Lipinski definition) is 5. The number of aliphatic hydroxyl groups is 2. The largest absolute Gasteiger partial charge is 0.466 e. The van der Waals surface area contributed by atoms with Crippen molar-refractivity contribution in [1.82, 2.24) is 5.32 Å². The molecule has 0 aliphatic carbocycles. The minimum atomic E-state index is -0.846. The summed E-state index contributed by atoms with van der Waals surface area (Å²) in [6.45, 7) is 4.89. The van der Waals surface area contributed by atoms with Gasteiger partial charge in [0.1, 0.15) is 0 Å². The molecule has 0 rings (SSSR count). The molecule has 6 heteroatoms. The van der Waals surface area contributed by atoms with Gasteiger partial charge < -0.3 is 20.3 Å². The van der Waals surface area contributed by atoms with E-state index >= 15 is 0 Å². The fraction of sp³-hybridized carbons (Fsp3) is 0.853. The maximum Gasteiger partial charge on any atom is 0.305 e. The molecule has 6 nitrogen and oxygen atoms in total. The first-order chi connectivity index (χ1) is 36.5. The van der Waals surface area contributed by atoms with Gasteiger partial charge in [-0.05, 0) is 89.9 Å².